The molecule has 1 aliphatic heterocycles. The molecule has 0 aromatic heterocycles. The van der Waals surface area contributed by atoms with Gasteiger partial charge >= 0.3 is 5.97 Å². The molecule has 0 radical (unpaired) electrons. The van der Waals surface area contributed by atoms with E-state index >= 15 is 0 Å². The Kier molecular flexibility index (Phi) is 6.26. The monoisotopic (exact) mass is 403 g/mol. The highest BCUT2D eigenvalue weighted by atomic mass is 16.5. The molecule has 1 saturated heterocycles. The molecular formula is C20H21NO8. The molecule has 154 valence electrons. The zero-order valence-corrected chi connectivity index (χ0v) is 15.2. The quantitative estimate of drug-likeness (QED) is 0.402. The van der Waals surface area contributed by atoms with Crippen LogP contribution in [0.25, 0.3) is 11.1 Å². The first-order valence-corrected chi connectivity index (χ1v) is 8.87. The van der Waals surface area contributed by atoms with Crippen LogP contribution in [-0.2, 0) is 9.53 Å². The Balaban J connectivity index is 1.72. The fourth-order valence-electron chi connectivity index (χ4n) is 3.11. The van der Waals surface area contributed by atoms with Crippen molar-refractivity contribution in [3.63, 3.8) is 0 Å². The van der Waals surface area contributed by atoms with Crippen LogP contribution in [0, 0.1) is 0 Å². The zero-order valence-electron chi connectivity index (χ0n) is 15.2. The summed E-state index contributed by atoms with van der Waals surface area (Å²) in [5, 5.41) is 50.4. The molecule has 2 aromatic carbocycles. The molecule has 3 rings (SSSR count). The van der Waals surface area contributed by atoms with Crippen molar-refractivity contribution in [2.75, 3.05) is 11.9 Å². The average molecular weight is 403 g/mol. The maximum atomic E-state index is 12.4. The lowest BCUT2D eigenvalue weighted by molar-refractivity contribution is -0.224. The third-order valence-corrected chi connectivity index (χ3v) is 4.75. The Bertz CT molecular complexity index is 882. The van der Waals surface area contributed by atoms with Gasteiger partial charge in [0.25, 0.3) is 5.91 Å². The molecule has 9 nitrogen and oxygen atoms in total. The molecular weight excluding hydrogens is 382 g/mol. The standard InChI is InChI=1S/C20H21NO8/c22-9-14-15(23)16(24)17(25)18(29-14)19(26)21-13-6-4-10(5-7-13)11-2-1-3-12(8-11)20(27)28/h1-8,14-18,22-25H,9H2,(H,21,26)(H,27,28)/t14-,15-,16-,17-,18+/m1/s1. The fourth-order valence-corrected chi connectivity index (χ4v) is 3.11. The SMILES string of the molecule is O=C(O)c1cccc(-c2ccc(NC(=O)[C@H]3O[C@H](CO)[C@@H](O)[C@@H](O)[C@H]3O)cc2)c1. The molecule has 1 aliphatic rings. The van der Waals surface area contributed by atoms with Gasteiger partial charge in [0.2, 0.25) is 0 Å². The zero-order chi connectivity index (χ0) is 21.1. The largest absolute Gasteiger partial charge is 0.478 e. The van der Waals surface area contributed by atoms with Crippen LogP contribution < -0.4 is 5.32 Å². The van der Waals surface area contributed by atoms with Gasteiger partial charge in [-0.2, -0.15) is 0 Å². The lowest BCUT2D eigenvalue weighted by Gasteiger charge is -2.39. The molecule has 0 saturated carbocycles. The smallest absolute Gasteiger partial charge is 0.335 e. The van der Waals surface area contributed by atoms with E-state index in [9.17, 15) is 30.0 Å². The fraction of sp³-hybridized carbons (Fsp3) is 0.300. The molecule has 6 N–H and O–H groups in total. The first kappa shape index (κ1) is 20.9. The number of aliphatic hydroxyl groups is 4. The number of aliphatic hydroxyl groups excluding tert-OH is 4. The highest BCUT2D eigenvalue weighted by Gasteiger charge is 2.46. The van der Waals surface area contributed by atoms with Gasteiger partial charge in [-0.05, 0) is 35.4 Å². The van der Waals surface area contributed by atoms with E-state index in [-0.39, 0.29) is 5.56 Å². The van der Waals surface area contributed by atoms with Gasteiger partial charge in [-0.1, -0.05) is 24.3 Å². The summed E-state index contributed by atoms with van der Waals surface area (Å²) in [6.07, 6.45) is -7.49. The summed E-state index contributed by atoms with van der Waals surface area (Å²) in [4.78, 5) is 23.5. The van der Waals surface area contributed by atoms with Crippen molar-refractivity contribution in [3.05, 3.63) is 54.1 Å². The number of amides is 1. The summed E-state index contributed by atoms with van der Waals surface area (Å²) >= 11 is 0. The van der Waals surface area contributed by atoms with Crippen molar-refractivity contribution in [2.45, 2.75) is 30.5 Å². The average Bonchev–Trinajstić information content (AvgIpc) is 2.73. The Hall–Kier alpha value is -2.82. The van der Waals surface area contributed by atoms with Crippen LogP contribution in [0.15, 0.2) is 48.5 Å². The van der Waals surface area contributed by atoms with E-state index in [4.69, 9.17) is 9.84 Å². The van der Waals surface area contributed by atoms with Crippen LogP contribution in [-0.4, -0.2) is 74.5 Å². The molecule has 0 unspecified atom stereocenters. The lowest BCUT2D eigenvalue weighted by atomic mass is 9.94. The van der Waals surface area contributed by atoms with E-state index in [1.54, 1.807) is 36.4 Å². The van der Waals surface area contributed by atoms with Crippen LogP contribution >= 0.6 is 0 Å². The minimum atomic E-state index is -1.66. The van der Waals surface area contributed by atoms with Gasteiger partial charge in [0.05, 0.1) is 12.2 Å². The molecule has 0 aliphatic carbocycles. The van der Waals surface area contributed by atoms with E-state index < -0.39 is 49.0 Å². The topological polar surface area (TPSA) is 157 Å². The summed E-state index contributed by atoms with van der Waals surface area (Å²) < 4.78 is 5.22. The van der Waals surface area contributed by atoms with Crippen molar-refractivity contribution < 1.29 is 39.9 Å². The maximum absolute atomic E-state index is 12.4. The molecule has 0 spiro atoms. The predicted molar refractivity (Wildman–Crippen MR) is 101 cm³/mol. The van der Waals surface area contributed by atoms with Gasteiger partial charge in [-0.15, -0.1) is 0 Å². The number of hydrogen-bond acceptors (Lipinski definition) is 7. The van der Waals surface area contributed by atoms with E-state index in [0.29, 0.717) is 11.3 Å². The number of anilines is 1. The first-order valence-electron chi connectivity index (χ1n) is 8.87. The Labute approximate surface area is 165 Å². The Morgan fingerprint density at radius 3 is 2.24 bits per heavy atom. The van der Waals surface area contributed by atoms with E-state index in [2.05, 4.69) is 5.32 Å². The van der Waals surface area contributed by atoms with Gasteiger partial charge in [0.15, 0.2) is 6.10 Å². The minimum Gasteiger partial charge on any atom is -0.478 e. The summed E-state index contributed by atoms with van der Waals surface area (Å²) in [7, 11) is 0. The highest BCUT2D eigenvalue weighted by molar-refractivity contribution is 5.95. The number of hydrogen-bond donors (Lipinski definition) is 6. The number of aromatic carboxylic acids is 1. The van der Waals surface area contributed by atoms with Crippen molar-refractivity contribution in [1.82, 2.24) is 0 Å². The van der Waals surface area contributed by atoms with Crippen LogP contribution in [0.1, 0.15) is 10.4 Å². The van der Waals surface area contributed by atoms with Gasteiger partial charge in [0, 0.05) is 5.69 Å². The number of rotatable bonds is 5. The third-order valence-electron chi connectivity index (χ3n) is 4.75. The van der Waals surface area contributed by atoms with Crippen molar-refractivity contribution >= 4 is 17.6 Å². The predicted octanol–water partition coefficient (Wildman–Crippen LogP) is -0.167. The molecule has 0 bridgehead atoms. The van der Waals surface area contributed by atoms with Gasteiger partial charge in [-0.3, -0.25) is 4.79 Å². The molecule has 29 heavy (non-hydrogen) atoms. The third kappa shape index (κ3) is 4.44. The second kappa shape index (κ2) is 8.68. The molecule has 2 aromatic rings. The lowest BCUT2D eigenvalue weighted by Crippen LogP contribution is -2.61. The number of benzene rings is 2. The number of nitrogens with one attached hydrogen (secondary N) is 1. The molecule has 1 amide bonds. The van der Waals surface area contributed by atoms with Crippen LogP contribution in [0.3, 0.4) is 0 Å². The summed E-state index contributed by atoms with van der Waals surface area (Å²) in [6, 6.07) is 13.0. The first-order chi connectivity index (χ1) is 13.8. The number of carbonyl (C=O) groups is 2. The summed E-state index contributed by atoms with van der Waals surface area (Å²) in [6.45, 7) is -0.626. The van der Waals surface area contributed by atoms with Crippen LogP contribution in [0.5, 0.6) is 0 Å². The van der Waals surface area contributed by atoms with Crippen molar-refractivity contribution in [2.24, 2.45) is 0 Å². The Morgan fingerprint density at radius 2 is 1.62 bits per heavy atom. The summed E-state index contributed by atoms with van der Waals surface area (Å²) in [5.41, 5.74) is 1.96. The van der Waals surface area contributed by atoms with Crippen LogP contribution in [0.2, 0.25) is 0 Å². The van der Waals surface area contributed by atoms with Crippen LogP contribution in [0.4, 0.5) is 5.69 Å². The van der Waals surface area contributed by atoms with Gasteiger partial charge < -0.3 is 35.6 Å². The second-order valence-corrected chi connectivity index (χ2v) is 6.70. The highest BCUT2D eigenvalue weighted by Crippen LogP contribution is 2.25. The molecule has 1 heterocycles. The number of carboxylic acids is 1. The van der Waals surface area contributed by atoms with E-state index in [0.717, 1.165) is 5.56 Å². The minimum absolute atomic E-state index is 0.155. The normalized spacial score (nSPS) is 26.7. The molecule has 1 fully saturated rings. The van der Waals surface area contributed by atoms with Crippen molar-refractivity contribution in [1.29, 1.82) is 0 Å². The number of ether oxygens (including phenoxy) is 1. The molecule has 5 atom stereocenters. The second-order valence-electron chi connectivity index (χ2n) is 6.70. The van der Waals surface area contributed by atoms with E-state index in [1.807, 2.05) is 0 Å². The Morgan fingerprint density at radius 1 is 0.931 bits per heavy atom. The van der Waals surface area contributed by atoms with Gasteiger partial charge in [0.1, 0.15) is 24.4 Å². The van der Waals surface area contributed by atoms with Crippen molar-refractivity contribution in [3.8, 4) is 11.1 Å². The van der Waals surface area contributed by atoms with E-state index in [1.165, 1.54) is 12.1 Å². The maximum Gasteiger partial charge on any atom is 0.335 e. The number of carbonyl (C=O) groups excluding carboxylic acids is 1. The number of carboxylic acid groups (broad SMARTS) is 1. The van der Waals surface area contributed by atoms with Gasteiger partial charge in [-0.25, -0.2) is 4.79 Å². The summed E-state index contributed by atoms with van der Waals surface area (Å²) in [5.74, 6) is -1.78. The molecule has 9 heteroatoms.